The number of hydrogen-bond donors (Lipinski definition) is 0. The maximum Gasteiger partial charge on any atom is 0.263 e. The highest BCUT2D eigenvalue weighted by Crippen LogP contribution is 2.30. The van der Waals surface area contributed by atoms with Gasteiger partial charge in [0.1, 0.15) is 16.4 Å². The number of benzene rings is 2. The fourth-order valence-electron chi connectivity index (χ4n) is 2.94. The summed E-state index contributed by atoms with van der Waals surface area (Å²) < 4.78 is 19.6. The molecule has 28 heavy (non-hydrogen) atoms. The van der Waals surface area contributed by atoms with E-state index in [4.69, 9.17) is 4.74 Å². The van der Waals surface area contributed by atoms with Crippen LogP contribution in [0.2, 0.25) is 0 Å². The first kappa shape index (κ1) is 18.1. The third-order valence-corrected chi connectivity index (χ3v) is 5.33. The molecule has 0 bridgehead atoms. The molecule has 0 spiro atoms. The average molecular weight is 394 g/mol. The van der Waals surface area contributed by atoms with E-state index >= 15 is 0 Å². The minimum Gasteiger partial charge on any atom is -0.497 e. The van der Waals surface area contributed by atoms with Crippen LogP contribution in [0.25, 0.3) is 21.3 Å². The molecule has 0 atom stereocenters. The lowest BCUT2D eigenvalue weighted by Gasteiger charge is -2.07. The van der Waals surface area contributed by atoms with Crippen LogP contribution in [-0.4, -0.2) is 22.4 Å². The zero-order valence-electron chi connectivity index (χ0n) is 14.9. The Morgan fingerprint density at radius 2 is 1.86 bits per heavy atom. The van der Waals surface area contributed by atoms with Crippen LogP contribution in [0.1, 0.15) is 10.4 Å². The Morgan fingerprint density at radius 3 is 2.54 bits per heavy atom. The summed E-state index contributed by atoms with van der Waals surface area (Å²) in [4.78, 5) is 30.5. The predicted octanol–water partition coefficient (Wildman–Crippen LogP) is 4.16. The number of rotatable bonds is 5. The Morgan fingerprint density at radius 1 is 1.14 bits per heavy atom. The standard InChI is InChI=1S/C21H15FN2O3S/c1-27-16-8-4-14(5-9-16)18(25)10-24-12-23-20-19(21(24)26)17(11-28-20)13-2-6-15(22)7-3-13/h2-9,11-12H,10H2,1H3. The first-order valence-electron chi connectivity index (χ1n) is 8.46. The van der Waals surface area contributed by atoms with E-state index in [0.717, 1.165) is 5.56 Å². The van der Waals surface area contributed by atoms with Gasteiger partial charge in [0.25, 0.3) is 5.56 Å². The molecule has 4 rings (SSSR count). The van der Waals surface area contributed by atoms with Gasteiger partial charge in [-0.05, 0) is 42.0 Å². The predicted molar refractivity (Wildman–Crippen MR) is 107 cm³/mol. The number of hydrogen-bond acceptors (Lipinski definition) is 5. The monoisotopic (exact) mass is 394 g/mol. The molecule has 2 aromatic heterocycles. The van der Waals surface area contributed by atoms with Gasteiger partial charge in [0, 0.05) is 16.5 Å². The molecule has 4 aromatic rings. The van der Waals surface area contributed by atoms with Gasteiger partial charge in [-0.15, -0.1) is 11.3 Å². The Bertz CT molecular complexity index is 1210. The van der Waals surface area contributed by atoms with E-state index in [2.05, 4.69) is 4.98 Å². The molecule has 0 unspecified atom stereocenters. The van der Waals surface area contributed by atoms with E-state index in [9.17, 15) is 14.0 Å². The molecular weight excluding hydrogens is 379 g/mol. The second-order valence-corrected chi connectivity index (χ2v) is 7.02. The summed E-state index contributed by atoms with van der Waals surface area (Å²) in [5, 5.41) is 2.25. The van der Waals surface area contributed by atoms with E-state index < -0.39 is 0 Å². The topological polar surface area (TPSA) is 61.2 Å². The number of ketones is 1. The lowest BCUT2D eigenvalue weighted by atomic mass is 10.1. The second kappa shape index (κ2) is 7.36. The molecule has 7 heteroatoms. The van der Waals surface area contributed by atoms with Crippen molar-refractivity contribution >= 4 is 27.3 Å². The number of ether oxygens (including phenoxy) is 1. The molecule has 5 nitrogen and oxygen atoms in total. The van der Waals surface area contributed by atoms with Crippen LogP contribution >= 0.6 is 11.3 Å². The fourth-order valence-corrected chi connectivity index (χ4v) is 3.85. The van der Waals surface area contributed by atoms with Crippen molar-refractivity contribution in [3.8, 4) is 16.9 Å². The largest absolute Gasteiger partial charge is 0.497 e. The van der Waals surface area contributed by atoms with Crippen LogP contribution in [0.5, 0.6) is 5.75 Å². The maximum atomic E-state index is 13.2. The van der Waals surface area contributed by atoms with Gasteiger partial charge in [-0.25, -0.2) is 9.37 Å². The molecule has 0 radical (unpaired) electrons. The average Bonchev–Trinajstić information content (AvgIpc) is 3.15. The van der Waals surface area contributed by atoms with Crippen LogP contribution in [0.3, 0.4) is 0 Å². The van der Waals surface area contributed by atoms with Crippen LogP contribution in [0.4, 0.5) is 4.39 Å². The number of halogens is 1. The molecule has 2 aromatic carbocycles. The number of carbonyl (C=O) groups is 1. The SMILES string of the molecule is COc1ccc(C(=O)Cn2cnc3scc(-c4ccc(F)cc4)c3c2=O)cc1. The van der Waals surface area contributed by atoms with Gasteiger partial charge in [0.15, 0.2) is 5.78 Å². The van der Waals surface area contributed by atoms with Gasteiger partial charge >= 0.3 is 0 Å². The molecule has 0 amide bonds. The van der Waals surface area contributed by atoms with Crippen LogP contribution in [-0.2, 0) is 6.54 Å². The highest BCUT2D eigenvalue weighted by molar-refractivity contribution is 7.17. The molecule has 0 N–H and O–H groups in total. The van der Waals surface area contributed by atoms with E-state index in [0.29, 0.717) is 27.1 Å². The summed E-state index contributed by atoms with van der Waals surface area (Å²) in [5.41, 5.74) is 1.60. The van der Waals surface area contributed by atoms with Crippen LogP contribution < -0.4 is 10.3 Å². The van der Waals surface area contributed by atoms with Crippen molar-refractivity contribution in [1.82, 2.24) is 9.55 Å². The molecular formula is C21H15FN2O3S. The van der Waals surface area contributed by atoms with E-state index in [-0.39, 0.29) is 23.7 Å². The number of Topliss-reactive ketones (excluding diaryl/α,β-unsaturated/α-hetero) is 1. The normalized spacial score (nSPS) is 10.9. The van der Waals surface area contributed by atoms with Crippen molar-refractivity contribution < 1.29 is 13.9 Å². The molecule has 0 saturated carbocycles. The second-order valence-electron chi connectivity index (χ2n) is 6.17. The van der Waals surface area contributed by atoms with E-state index in [1.807, 2.05) is 5.38 Å². The summed E-state index contributed by atoms with van der Waals surface area (Å²) >= 11 is 1.34. The van der Waals surface area contributed by atoms with Gasteiger partial charge in [0.2, 0.25) is 0 Å². The Labute approximate surface area is 163 Å². The van der Waals surface area contributed by atoms with E-state index in [1.165, 1.54) is 34.4 Å². The maximum absolute atomic E-state index is 13.2. The number of nitrogens with zero attached hydrogens (tertiary/aromatic N) is 2. The fraction of sp³-hybridized carbons (Fsp3) is 0.0952. The third-order valence-electron chi connectivity index (χ3n) is 4.44. The quantitative estimate of drug-likeness (QED) is 0.477. The van der Waals surface area contributed by atoms with Gasteiger partial charge in [0.05, 0.1) is 25.4 Å². The van der Waals surface area contributed by atoms with Crippen molar-refractivity contribution in [3.63, 3.8) is 0 Å². The number of thiophene rings is 1. The van der Waals surface area contributed by atoms with Crippen molar-refractivity contribution in [3.05, 3.63) is 82.0 Å². The molecule has 0 fully saturated rings. The highest BCUT2D eigenvalue weighted by atomic mass is 32.1. The summed E-state index contributed by atoms with van der Waals surface area (Å²) in [6, 6.07) is 12.7. The van der Waals surface area contributed by atoms with Gasteiger partial charge < -0.3 is 4.74 Å². The number of carbonyl (C=O) groups excluding carboxylic acids is 1. The van der Waals surface area contributed by atoms with Crippen molar-refractivity contribution in [2.24, 2.45) is 0 Å². The Kier molecular flexibility index (Phi) is 4.75. The van der Waals surface area contributed by atoms with Gasteiger partial charge in [-0.2, -0.15) is 0 Å². The van der Waals surface area contributed by atoms with Crippen molar-refractivity contribution in [1.29, 1.82) is 0 Å². The van der Waals surface area contributed by atoms with Gasteiger partial charge in [-0.1, -0.05) is 12.1 Å². The highest BCUT2D eigenvalue weighted by Gasteiger charge is 2.15. The summed E-state index contributed by atoms with van der Waals surface area (Å²) in [6.07, 6.45) is 1.39. The lowest BCUT2D eigenvalue weighted by Crippen LogP contribution is -2.24. The zero-order chi connectivity index (χ0) is 19.7. The number of aromatic nitrogens is 2. The zero-order valence-corrected chi connectivity index (χ0v) is 15.7. The molecule has 2 heterocycles. The number of methoxy groups -OCH3 is 1. The first-order chi connectivity index (χ1) is 13.6. The Hall–Kier alpha value is -3.32. The summed E-state index contributed by atoms with van der Waals surface area (Å²) in [6.45, 7) is -0.118. The minimum atomic E-state index is -0.344. The molecule has 0 saturated heterocycles. The summed E-state index contributed by atoms with van der Waals surface area (Å²) in [7, 11) is 1.55. The minimum absolute atomic E-state index is 0.118. The molecule has 0 aliphatic heterocycles. The van der Waals surface area contributed by atoms with Gasteiger partial charge in [-0.3, -0.25) is 14.2 Å². The van der Waals surface area contributed by atoms with E-state index in [1.54, 1.807) is 43.5 Å². The molecule has 0 aliphatic carbocycles. The number of fused-ring (bicyclic) bond motifs is 1. The smallest absolute Gasteiger partial charge is 0.263 e. The first-order valence-corrected chi connectivity index (χ1v) is 9.34. The Balaban J connectivity index is 1.71. The third kappa shape index (κ3) is 3.32. The van der Waals surface area contributed by atoms with Crippen molar-refractivity contribution in [2.45, 2.75) is 6.54 Å². The van der Waals surface area contributed by atoms with Crippen LogP contribution in [0.15, 0.2) is 65.0 Å². The lowest BCUT2D eigenvalue weighted by molar-refractivity contribution is 0.0970. The van der Waals surface area contributed by atoms with Crippen LogP contribution in [0, 0.1) is 5.82 Å². The van der Waals surface area contributed by atoms with Crippen molar-refractivity contribution in [2.75, 3.05) is 7.11 Å². The molecule has 0 aliphatic rings. The molecule has 140 valence electrons. The summed E-state index contributed by atoms with van der Waals surface area (Å²) in [5.74, 6) is 0.104.